The summed E-state index contributed by atoms with van der Waals surface area (Å²) in [5.41, 5.74) is 4.27. The van der Waals surface area contributed by atoms with E-state index in [0.29, 0.717) is 28.1 Å². The first kappa shape index (κ1) is 22.1. The van der Waals surface area contributed by atoms with Crippen LogP contribution in [-0.4, -0.2) is 50.6 Å². The number of fused-ring (bicyclic) bond motifs is 1. The Kier molecular flexibility index (Phi) is 5.78. The Morgan fingerprint density at radius 1 is 1.00 bits per heavy atom. The number of benzene rings is 3. The van der Waals surface area contributed by atoms with Crippen LogP contribution in [0.3, 0.4) is 0 Å². The van der Waals surface area contributed by atoms with Crippen LogP contribution in [0.5, 0.6) is 0 Å². The van der Waals surface area contributed by atoms with Crippen LogP contribution in [0.2, 0.25) is 0 Å². The SMILES string of the molecule is NS(=O)(=O)c1ccc2nc(-c3ccc(C(=O)Nc4ccc(N5CCOCC5)cc4)cc3)[nH]c2c1. The standard InChI is InChI=1S/C24H23N5O4S/c25-34(31,32)20-9-10-21-22(15-20)28-23(27-21)16-1-3-17(4-2-16)24(30)26-18-5-7-19(8-6-18)29-11-13-33-14-12-29/h1-10,15H,11-14H2,(H,26,30)(H,27,28)(H2,25,31,32). The number of ether oxygens (including phenoxy) is 1. The molecule has 0 aliphatic carbocycles. The fourth-order valence-electron chi connectivity index (χ4n) is 3.86. The van der Waals surface area contributed by atoms with Gasteiger partial charge in [-0.2, -0.15) is 0 Å². The minimum absolute atomic E-state index is 0.0141. The van der Waals surface area contributed by atoms with Gasteiger partial charge >= 0.3 is 0 Å². The average Bonchev–Trinajstić information content (AvgIpc) is 3.28. The van der Waals surface area contributed by atoms with Crippen LogP contribution >= 0.6 is 0 Å². The van der Waals surface area contributed by atoms with E-state index in [1.54, 1.807) is 30.3 Å². The molecule has 1 saturated heterocycles. The molecule has 0 radical (unpaired) electrons. The number of amides is 1. The number of nitrogens with two attached hydrogens (primary N) is 1. The smallest absolute Gasteiger partial charge is 0.255 e. The Bertz CT molecular complexity index is 1440. The van der Waals surface area contributed by atoms with Crippen LogP contribution in [0.1, 0.15) is 10.4 Å². The van der Waals surface area contributed by atoms with E-state index in [0.717, 1.165) is 37.6 Å². The molecule has 1 aromatic heterocycles. The first-order chi connectivity index (χ1) is 16.4. The molecule has 1 aliphatic rings. The predicted octanol–water partition coefficient (Wildman–Crippen LogP) is 2.97. The van der Waals surface area contributed by atoms with Gasteiger partial charge in [-0.1, -0.05) is 12.1 Å². The number of rotatable bonds is 5. The van der Waals surface area contributed by atoms with E-state index in [1.165, 1.54) is 12.1 Å². The second-order valence-corrected chi connectivity index (χ2v) is 9.55. The summed E-state index contributed by atoms with van der Waals surface area (Å²) in [4.78, 5) is 22.5. The van der Waals surface area contributed by atoms with Crippen LogP contribution in [0.4, 0.5) is 11.4 Å². The number of carbonyl (C=O) groups excluding carboxylic acids is 1. The first-order valence-electron chi connectivity index (χ1n) is 10.7. The number of sulfonamides is 1. The van der Waals surface area contributed by atoms with E-state index in [4.69, 9.17) is 9.88 Å². The van der Waals surface area contributed by atoms with Crippen molar-refractivity contribution in [2.24, 2.45) is 5.14 Å². The van der Waals surface area contributed by atoms with Gasteiger partial charge in [0.05, 0.1) is 29.1 Å². The molecule has 174 valence electrons. The molecule has 0 bridgehead atoms. The molecule has 0 spiro atoms. The van der Waals surface area contributed by atoms with Gasteiger partial charge in [0, 0.05) is 35.6 Å². The molecule has 4 N–H and O–H groups in total. The molecule has 3 aromatic carbocycles. The molecule has 0 atom stereocenters. The third kappa shape index (κ3) is 4.65. The number of hydrogen-bond acceptors (Lipinski definition) is 6. The number of nitrogens with one attached hydrogen (secondary N) is 2. The minimum atomic E-state index is -3.80. The van der Waals surface area contributed by atoms with Gasteiger partial charge in [0.2, 0.25) is 10.0 Å². The number of nitrogens with zero attached hydrogens (tertiary/aromatic N) is 2. The number of aromatic amines is 1. The van der Waals surface area contributed by atoms with Crippen LogP contribution in [0.25, 0.3) is 22.4 Å². The Balaban J connectivity index is 1.28. The van der Waals surface area contributed by atoms with Crippen molar-refractivity contribution in [3.8, 4) is 11.4 Å². The number of anilines is 2. The maximum atomic E-state index is 12.7. The number of imidazole rings is 1. The number of hydrogen-bond donors (Lipinski definition) is 3. The highest BCUT2D eigenvalue weighted by Crippen LogP contribution is 2.24. The quantitative estimate of drug-likeness (QED) is 0.405. The van der Waals surface area contributed by atoms with Crippen molar-refractivity contribution in [1.82, 2.24) is 9.97 Å². The summed E-state index contributed by atoms with van der Waals surface area (Å²) in [6.45, 7) is 3.16. The number of H-pyrrole nitrogens is 1. The third-order valence-corrected chi connectivity index (χ3v) is 6.61. The molecule has 1 aliphatic heterocycles. The lowest BCUT2D eigenvalue weighted by molar-refractivity contribution is 0.102. The van der Waals surface area contributed by atoms with Crippen molar-refractivity contribution in [3.05, 3.63) is 72.3 Å². The molecule has 1 amide bonds. The highest BCUT2D eigenvalue weighted by molar-refractivity contribution is 7.89. The van der Waals surface area contributed by atoms with Gasteiger partial charge in [-0.3, -0.25) is 4.79 Å². The normalized spacial score (nSPS) is 14.3. The molecule has 0 unspecified atom stereocenters. The summed E-state index contributed by atoms with van der Waals surface area (Å²) in [5, 5.41) is 8.12. The topological polar surface area (TPSA) is 130 Å². The lowest BCUT2D eigenvalue weighted by atomic mass is 10.1. The molecule has 0 saturated carbocycles. The molecule has 4 aromatic rings. The molecule has 34 heavy (non-hydrogen) atoms. The van der Waals surface area contributed by atoms with Gasteiger partial charge in [-0.05, 0) is 54.6 Å². The van der Waals surface area contributed by atoms with Crippen molar-refractivity contribution in [1.29, 1.82) is 0 Å². The summed E-state index contributed by atoms with van der Waals surface area (Å²) < 4.78 is 28.5. The zero-order valence-corrected chi connectivity index (χ0v) is 19.0. The highest BCUT2D eigenvalue weighted by Gasteiger charge is 2.14. The van der Waals surface area contributed by atoms with Gasteiger partial charge in [-0.15, -0.1) is 0 Å². The maximum absolute atomic E-state index is 12.7. The van der Waals surface area contributed by atoms with E-state index < -0.39 is 10.0 Å². The molecular weight excluding hydrogens is 454 g/mol. The van der Waals surface area contributed by atoms with Crippen molar-refractivity contribution >= 4 is 38.3 Å². The largest absolute Gasteiger partial charge is 0.378 e. The first-order valence-corrected chi connectivity index (χ1v) is 12.3. The number of aromatic nitrogens is 2. The molecular formula is C24H23N5O4S. The fraction of sp³-hybridized carbons (Fsp3) is 0.167. The summed E-state index contributed by atoms with van der Waals surface area (Å²) in [7, 11) is -3.80. The summed E-state index contributed by atoms with van der Waals surface area (Å²) in [6.07, 6.45) is 0. The lowest BCUT2D eigenvalue weighted by Gasteiger charge is -2.28. The van der Waals surface area contributed by atoms with Gasteiger partial charge < -0.3 is 19.9 Å². The lowest BCUT2D eigenvalue weighted by Crippen LogP contribution is -2.36. The highest BCUT2D eigenvalue weighted by atomic mass is 32.2. The average molecular weight is 478 g/mol. The maximum Gasteiger partial charge on any atom is 0.255 e. The number of carbonyl (C=O) groups is 1. The van der Waals surface area contributed by atoms with Crippen LogP contribution < -0.4 is 15.4 Å². The number of primary sulfonamides is 1. The molecule has 1 fully saturated rings. The zero-order chi connectivity index (χ0) is 23.7. The second kappa shape index (κ2) is 8.90. The van der Waals surface area contributed by atoms with Crippen molar-refractivity contribution in [2.45, 2.75) is 4.90 Å². The number of morpholine rings is 1. The molecule has 9 nitrogen and oxygen atoms in total. The molecule has 2 heterocycles. The van der Waals surface area contributed by atoms with E-state index in [2.05, 4.69) is 20.2 Å². The fourth-order valence-corrected chi connectivity index (χ4v) is 4.40. The monoisotopic (exact) mass is 477 g/mol. The predicted molar refractivity (Wildman–Crippen MR) is 130 cm³/mol. The van der Waals surface area contributed by atoms with Crippen LogP contribution in [0, 0.1) is 0 Å². The van der Waals surface area contributed by atoms with E-state index in [9.17, 15) is 13.2 Å². The summed E-state index contributed by atoms with van der Waals surface area (Å²) >= 11 is 0. The van der Waals surface area contributed by atoms with Crippen LogP contribution in [0.15, 0.2) is 71.6 Å². The van der Waals surface area contributed by atoms with Crippen molar-refractivity contribution < 1.29 is 17.9 Å². The minimum Gasteiger partial charge on any atom is -0.378 e. The van der Waals surface area contributed by atoms with Gasteiger partial charge in [0.1, 0.15) is 5.82 Å². The van der Waals surface area contributed by atoms with Crippen LogP contribution in [-0.2, 0) is 14.8 Å². The molecule has 5 rings (SSSR count). The van der Waals surface area contributed by atoms with E-state index in [1.807, 2.05) is 24.3 Å². The Labute approximate surface area is 196 Å². The van der Waals surface area contributed by atoms with E-state index >= 15 is 0 Å². The summed E-state index contributed by atoms with van der Waals surface area (Å²) in [5.74, 6) is 0.348. The Hall–Kier alpha value is -3.73. The van der Waals surface area contributed by atoms with Crippen molar-refractivity contribution in [3.63, 3.8) is 0 Å². The van der Waals surface area contributed by atoms with Gasteiger partial charge in [0.15, 0.2) is 0 Å². The Morgan fingerprint density at radius 3 is 2.38 bits per heavy atom. The van der Waals surface area contributed by atoms with Crippen molar-refractivity contribution in [2.75, 3.05) is 36.5 Å². The van der Waals surface area contributed by atoms with Gasteiger partial charge in [0.25, 0.3) is 5.91 Å². The Morgan fingerprint density at radius 2 is 1.71 bits per heavy atom. The van der Waals surface area contributed by atoms with Gasteiger partial charge in [-0.25, -0.2) is 18.5 Å². The zero-order valence-electron chi connectivity index (χ0n) is 18.2. The van der Waals surface area contributed by atoms with E-state index in [-0.39, 0.29) is 10.8 Å². The second-order valence-electron chi connectivity index (χ2n) is 7.99. The summed E-state index contributed by atoms with van der Waals surface area (Å²) in [6, 6.07) is 19.2. The third-order valence-electron chi connectivity index (χ3n) is 5.70. The molecule has 10 heteroatoms.